The molecule has 0 fully saturated rings. The van der Waals surface area contributed by atoms with Gasteiger partial charge < -0.3 is 14.6 Å². The molecule has 0 aliphatic heterocycles. The molecule has 1 unspecified atom stereocenters. The number of amides is 1. The van der Waals surface area contributed by atoms with E-state index in [0.717, 1.165) is 33.5 Å². The molecular weight excluding hydrogens is 376 g/mol. The first-order chi connectivity index (χ1) is 14.5. The Bertz CT molecular complexity index is 1180. The number of nitrogens with one attached hydrogen (secondary N) is 1. The molecular formula is C24H24N4O2. The second kappa shape index (κ2) is 8.37. The fraction of sp³-hybridized carbons (Fsp3) is 0.208. The van der Waals surface area contributed by atoms with Crippen molar-refractivity contribution in [1.29, 1.82) is 0 Å². The Labute approximate surface area is 175 Å². The number of benzene rings is 2. The number of hydrogen-bond acceptors (Lipinski definition) is 4. The molecule has 6 nitrogen and oxygen atoms in total. The summed E-state index contributed by atoms with van der Waals surface area (Å²) in [5.74, 6) is 1.25. The number of pyridine rings is 1. The summed E-state index contributed by atoms with van der Waals surface area (Å²) < 4.78 is 7.77. The highest BCUT2D eigenvalue weighted by Crippen LogP contribution is 2.24. The van der Waals surface area contributed by atoms with Gasteiger partial charge in [0.05, 0.1) is 17.4 Å². The first-order valence-corrected chi connectivity index (χ1v) is 9.90. The van der Waals surface area contributed by atoms with Crippen LogP contribution in [0.1, 0.15) is 29.7 Å². The van der Waals surface area contributed by atoms with Gasteiger partial charge in [-0.15, -0.1) is 0 Å². The van der Waals surface area contributed by atoms with Crippen LogP contribution in [-0.2, 0) is 11.3 Å². The van der Waals surface area contributed by atoms with Gasteiger partial charge in [0, 0.05) is 18.8 Å². The highest BCUT2D eigenvalue weighted by molar-refractivity contribution is 5.83. The molecule has 1 atom stereocenters. The Morgan fingerprint density at radius 2 is 1.93 bits per heavy atom. The zero-order valence-electron chi connectivity index (χ0n) is 17.3. The molecule has 152 valence electrons. The van der Waals surface area contributed by atoms with Gasteiger partial charge in [0.1, 0.15) is 11.8 Å². The monoisotopic (exact) mass is 400 g/mol. The lowest BCUT2D eigenvalue weighted by atomic mass is 10.1. The van der Waals surface area contributed by atoms with Gasteiger partial charge >= 0.3 is 0 Å². The van der Waals surface area contributed by atoms with Gasteiger partial charge in [0.25, 0.3) is 0 Å². The first kappa shape index (κ1) is 19.6. The molecule has 30 heavy (non-hydrogen) atoms. The molecule has 0 spiro atoms. The molecule has 0 radical (unpaired) electrons. The van der Waals surface area contributed by atoms with Gasteiger partial charge in [0.2, 0.25) is 11.8 Å². The number of carbonyl (C=O) groups excluding carboxylic acids is 1. The molecule has 6 heteroatoms. The maximum absolute atomic E-state index is 12.6. The number of ether oxygens (including phenoxy) is 1. The normalized spacial score (nSPS) is 12.0. The number of fused-ring (bicyclic) bond motifs is 1. The van der Waals surface area contributed by atoms with Crippen LogP contribution < -0.4 is 10.1 Å². The molecule has 2 aromatic carbocycles. The first-order valence-electron chi connectivity index (χ1n) is 9.90. The molecule has 1 N–H and O–H groups in total. The zero-order valence-corrected chi connectivity index (χ0v) is 17.3. The van der Waals surface area contributed by atoms with E-state index in [2.05, 4.69) is 21.4 Å². The fourth-order valence-corrected chi connectivity index (χ4v) is 3.26. The van der Waals surface area contributed by atoms with Gasteiger partial charge in [-0.05, 0) is 55.7 Å². The zero-order chi connectivity index (χ0) is 21.1. The minimum atomic E-state index is -0.364. The Kier molecular flexibility index (Phi) is 5.48. The average Bonchev–Trinajstić information content (AvgIpc) is 3.19. The van der Waals surface area contributed by atoms with Crippen molar-refractivity contribution in [3.63, 3.8) is 0 Å². The van der Waals surface area contributed by atoms with E-state index in [4.69, 9.17) is 4.74 Å². The van der Waals surface area contributed by atoms with E-state index in [1.54, 1.807) is 12.5 Å². The number of hydrogen-bond donors (Lipinski definition) is 1. The maximum Gasteiger partial charge on any atom is 0.243 e. The van der Waals surface area contributed by atoms with Gasteiger partial charge in [-0.1, -0.05) is 30.3 Å². The molecule has 2 heterocycles. The summed E-state index contributed by atoms with van der Waals surface area (Å²) in [6.45, 7) is 6.29. The van der Waals surface area contributed by atoms with Gasteiger partial charge in [-0.2, -0.15) is 0 Å². The lowest BCUT2D eigenvalue weighted by molar-refractivity contribution is -0.123. The second-order valence-electron chi connectivity index (χ2n) is 7.41. The van der Waals surface area contributed by atoms with Crippen molar-refractivity contribution in [3.8, 4) is 11.6 Å². The number of aryl methyl sites for hydroxylation is 2. The van der Waals surface area contributed by atoms with E-state index >= 15 is 0 Å². The number of aromatic nitrogens is 3. The Morgan fingerprint density at radius 3 is 2.73 bits per heavy atom. The van der Waals surface area contributed by atoms with Crippen molar-refractivity contribution in [2.24, 2.45) is 0 Å². The van der Waals surface area contributed by atoms with E-state index in [1.165, 1.54) is 0 Å². The summed E-state index contributed by atoms with van der Waals surface area (Å²) in [6.07, 6.45) is 3.42. The molecule has 2 aromatic heterocycles. The highest BCUT2D eigenvalue weighted by atomic mass is 16.5. The summed E-state index contributed by atoms with van der Waals surface area (Å²) in [4.78, 5) is 21.4. The summed E-state index contributed by atoms with van der Waals surface area (Å²) >= 11 is 0. The van der Waals surface area contributed by atoms with E-state index in [9.17, 15) is 4.79 Å². The van der Waals surface area contributed by atoms with Crippen LogP contribution in [0.5, 0.6) is 11.6 Å². The number of imidazole rings is 1. The molecule has 1 amide bonds. The average molecular weight is 400 g/mol. The predicted molar refractivity (Wildman–Crippen MR) is 117 cm³/mol. The third kappa shape index (κ3) is 4.17. The minimum absolute atomic E-state index is 0.0751. The van der Waals surface area contributed by atoms with Crippen molar-refractivity contribution in [2.75, 3.05) is 0 Å². The van der Waals surface area contributed by atoms with E-state index in [-0.39, 0.29) is 11.9 Å². The van der Waals surface area contributed by atoms with E-state index in [0.29, 0.717) is 12.4 Å². The largest absolute Gasteiger partial charge is 0.439 e. The predicted octanol–water partition coefficient (Wildman–Crippen LogP) is 4.72. The van der Waals surface area contributed by atoms with E-state index < -0.39 is 0 Å². The summed E-state index contributed by atoms with van der Waals surface area (Å²) in [7, 11) is 0. The van der Waals surface area contributed by atoms with Gasteiger partial charge in [0.15, 0.2) is 0 Å². The Morgan fingerprint density at radius 1 is 1.10 bits per heavy atom. The van der Waals surface area contributed by atoms with Crippen molar-refractivity contribution < 1.29 is 9.53 Å². The van der Waals surface area contributed by atoms with Crippen LogP contribution in [0.3, 0.4) is 0 Å². The summed E-state index contributed by atoms with van der Waals surface area (Å²) in [5, 5.41) is 2.97. The second-order valence-corrected chi connectivity index (χ2v) is 7.41. The molecule has 0 saturated carbocycles. The molecule has 0 aliphatic carbocycles. The van der Waals surface area contributed by atoms with Crippen molar-refractivity contribution in [1.82, 2.24) is 19.9 Å². The van der Waals surface area contributed by atoms with Crippen LogP contribution in [0, 0.1) is 13.8 Å². The number of para-hydroxylation sites is 2. The van der Waals surface area contributed by atoms with Crippen molar-refractivity contribution >= 4 is 16.9 Å². The molecule has 4 rings (SSSR count). The number of nitrogens with zero attached hydrogens (tertiary/aromatic N) is 3. The lowest BCUT2D eigenvalue weighted by Crippen LogP contribution is -2.30. The topological polar surface area (TPSA) is 69.0 Å². The van der Waals surface area contributed by atoms with Gasteiger partial charge in [-0.25, -0.2) is 9.97 Å². The van der Waals surface area contributed by atoms with Crippen LogP contribution in [0.4, 0.5) is 0 Å². The SMILES string of the molecule is Cc1ccc(C)c(Oc2ccc(CNC(=O)C(C)n3cnc4ccccc43)cn2)c1. The quantitative estimate of drug-likeness (QED) is 0.509. The fourth-order valence-electron chi connectivity index (χ4n) is 3.26. The molecule has 0 bridgehead atoms. The maximum atomic E-state index is 12.6. The number of rotatable bonds is 6. The summed E-state index contributed by atoms with van der Waals surface area (Å²) in [5.41, 5.74) is 4.91. The van der Waals surface area contributed by atoms with E-state index in [1.807, 2.05) is 73.9 Å². The number of carbonyl (C=O) groups is 1. The minimum Gasteiger partial charge on any atom is -0.439 e. The van der Waals surface area contributed by atoms with Crippen LogP contribution in [0.2, 0.25) is 0 Å². The van der Waals surface area contributed by atoms with Crippen LogP contribution in [0.25, 0.3) is 11.0 Å². The van der Waals surface area contributed by atoms with Crippen molar-refractivity contribution in [3.05, 3.63) is 83.8 Å². The Hall–Kier alpha value is -3.67. The molecule has 0 aliphatic rings. The lowest BCUT2D eigenvalue weighted by Gasteiger charge is -2.15. The van der Waals surface area contributed by atoms with Crippen molar-refractivity contribution in [2.45, 2.75) is 33.4 Å². The standard InChI is InChI=1S/C24H24N4O2/c1-16-8-9-17(2)22(12-16)30-23-11-10-19(13-25-23)14-26-24(29)18(3)28-15-27-20-6-4-5-7-21(20)28/h4-13,15,18H,14H2,1-3H3,(H,26,29). The van der Waals surface area contributed by atoms with Crippen LogP contribution >= 0.6 is 0 Å². The van der Waals surface area contributed by atoms with Gasteiger partial charge in [-0.3, -0.25) is 4.79 Å². The molecule has 4 aromatic rings. The van der Waals surface area contributed by atoms with Crippen LogP contribution in [-0.4, -0.2) is 20.4 Å². The molecule has 0 saturated heterocycles. The summed E-state index contributed by atoms with van der Waals surface area (Å²) in [6, 6.07) is 17.2. The highest BCUT2D eigenvalue weighted by Gasteiger charge is 2.16. The smallest absolute Gasteiger partial charge is 0.243 e. The third-order valence-corrected chi connectivity index (χ3v) is 5.10. The Balaban J connectivity index is 1.38. The third-order valence-electron chi connectivity index (χ3n) is 5.10. The van der Waals surface area contributed by atoms with Crippen LogP contribution in [0.15, 0.2) is 67.1 Å².